The van der Waals surface area contributed by atoms with Crippen LogP contribution in [0.3, 0.4) is 0 Å². The van der Waals surface area contributed by atoms with Gasteiger partial charge in [0.15, 0.2) is 0 Å². The highest BCUT2D eigenvalue weighted by atomic mass is 32.1. The second-order valence-corrected chi connectivity index (χ2v) is 5.98. The van der Waals surface area contributed by atoms with Gasteiger partial charge in [-0.1, -0.05) is 6.07 Å². The average Bonchev–Trinajstić information content (AvgIpc) is 2.98. The Balaban J connectivity index is 1.99. The van der Waals surface area contributed by atoms with Crippen molar-refractivity contribution in [1.82, 2.24) is 0 Å². The van der Waals surface area contributed by atoms with E-state index in [1.807, 2.05) is 17.5 Å². The number of hydrogen-bond donors (Lipinski definition) is 1. The first-order valence-electron chi connectivity index (χ1n) is 6.49. The minimum absolute atomic E-state index is 0.0973. The third-order valence-corrected chi connectivity index (χ3v) is 4.48. The van der Waals surface area contributed by atoms with Crippen LogP contribution in [-0.4, -0.2) is 23.4 Å². The zero-order chi connectivity index (χ0) is 15.9. The summed E-state index contributed by atoms with van der Waals surface area (Å²) < 4.78 is 43.8. The Hall–Kier alpha value is -2.02. The van der Waals surface area contributed by atoms with Gasteiger partial charge in [-0.2, -0.15) is 13.2 Å². The maximum absolute atomic E-state index is 13.0. The van der Waals surface area contributed by atoms with Gasteiger partial charge >= 0.3 is 12.1 Å². The molecule has 0 saturated carbocycles. The van der Waals surface area contributed by atoms with E-state index in [0.29, 0.717) is 5.56 Å². The molecular weight excluding hydrogens is 317 g/mol. The van der Waals surface area contributed by atoms with Crippen LogP contribution in [-0.2, 0) is 11.2 Å². The Morgan fingerprint density at radius 1 is 1.32 bits per heavy atom. The summed E-state index contributed by atoms with van der Waals surface area (Å²) in [6.07, 6.45) is -7.23. The number of hydrogen-bond acceptors (Lipinski definition) is 3. The number of thiophene rings is 1. The fourth-order valence-electron chi connectivity index (χ4n) is 2.52. The minimum Gasteiger partial charge on any atom is -0.481 e. The highest BCUT2D eigenvalue weighted by Gasteiger charge is 2.52. The van der Waals surface area contributed by atoms with E-state index in [1.165, 1.54) is 17.4 Å². The molecule has 2 atom stereocenters. The molecule has 0 aliphatic carbocycles. The van der Waals surface area contributed by atoms with Crippen molar-refractivity contribution < 1.29 is 27.8 Å². The van der Waals surface area contributed by atoms with Crippen molar-refractivity contribution in [2.45, 2.75) is 18.7 Å². The number of aliphatic carboxylic acids is 1. The van der Waals surface area contributed by atoms with E-state index in [9.17, 15) is 18.0 Å². The van der Waals surface area contributed by atoms with E-state index in [1.54, 1.807) is 12.1 Å². The molecule has 1 aliphatic heterocycles. The van der Waals surface area contributed by atoms with Crippen molar-refractivity contribution in [1.29, 1.82) is 0 Å². The molecule has 2 unspecified atom stereocenters. The van der Waals surface area contributed by atoms with Crippen LogP contribution in [0.1, 0.15) is 5.56 Å². The number of carboxylic acids is 1. The fraction of sp³-hybridized carbons (Fsp3) is 0.267. The molecule has 1 aromatic heterocycles. The van der Waals surface area contributed by atoms with Crippen LogP contribution in [0.25, 0.3) is 10.4 Å². The molecule has 0 spiro atoms. The zero-order valence-corrected chi connectivity index (χ0v) is 11.9. The Morgan fingerprint density at radius 3 is 2.68 bits per heavy atom. The fourth-order valence-corrected chi connectivity index (χ4v) is 3.25. The summed E-state index contributed by atoms with van der Waals surface area (Å²) in [6, 6.07) is 8.61. The van der Waals surface area contributed by atoms with E-state index in [4.69, 9.17) is 9.84 Å². The van der Waals surface area contributed by atoms with E-state index in [0.717, 1.165) is 10.4 Å². The van der Waals surface area contributed by atoms with Crippen LogP contribution < -0.4 is 4.74 Å². The summed E-state index contributed by atoms with van der Waals surface area (Å²) in [6.45, 7) is 0. The summed E-state index contributed by atoms with van der Waals surface area (Å²) in [5.41, 5.74) is 1.32. The number of ether oxygens (including phenoxy) is 1. The van der Waals surface area contributed by atoms with E-state index >= 15 is 0 Å². The molecule has 7 heteroatoms. The first kappa shape index (κ1) is 14.9. The lowest BCUT2D eigenvalue weighted by Gasteiger charge is -2.32. The monoisotopic (exact) mass is 328 g/mol. The molecule has 2 heterocycles. The van der Waals surface area contributed by atoms with E-state index in [2.05, 4.69) is 0 Å². The molecule has 116 valence electrons. The summed E-state index contributed by atoms with van der Waals surface area (Å²) in [5.74, 6) is -3.04. The van der Waals surface area contributed by atoms with Crippen LogP contribution >= 0.6 is 11.3 Å². The molecule has 1 aliphatic rings. The van der Waals surface area contributed by atoms with Crippen LogP contribution in [0.4, 0.5) is 13.2 Å². The van der Waals surface area contributed by atoms with Crippen LogP contribution in [0.5, 0.6) is 5.75 Å². The summed E-state index contributed by atoms with van der Waals surface area (Å²) in [5, 5.41) is 11.0. The quantitative estimate of drug-likeness (QED) is 0.907. The molecule has 3 rings (SSSR count). The first-order valence-corrected chi connectivity index (χ1v) is 7.37. The normalized spacial score (nSPS) is 21.0. The van der Waals surface area contributed by atoms with Crippen molar-refractivity contribution in [2.24, 2.45) is 5.92 Å². The third-order valence-electron chi connectivity index (χ3n) is 3.57. The van der Waals surface area contributed by atoms with Crippen LogP contribution in [0, 0.1) is 5.92 Å². The first-order chi connectivity index (χ1) is 10.4. The van der Waals surface area contributed by atoms with Crippen LogP contribution in [0.15, 0.2) is 35.7 Å². The Bertz CT molecular complexity index is 695. The SMILES string of the molecule is O=C(O)C1Cc2cc(-c3cccs3)ccc2OC1C(F)(F)F. The molecule has 0 bridgehead atoms. The van der Waals surface area contributed by atoms with Crippen LogP contribution in [0.2, 0.25) is 0 Å². The van der Waals surface area contributed by atoms with Crippen molar-refractivity contribution in [3.05, 3.63) is 41.3 Å². The number of fused-ring (bicyclic) bond motifs is 1. The van der Waals surface area contributed by atoms with Gasteiger partial charge in [-0.3, -0.25) is 4.79 Å². The van der Waals surface area contributed by atoms with Crippen molar-refractivity contribution in [3.8, 4) is 16.2 Å². The van der Waals surface area contributed by atoms with Gasteiger partial charge in [-0.05, 0) is 47.2 Å². The molecule has 0 saturated heterocycles. The topological polar surface area (TPSA) is 46.5 Å². The zero-order valence-electron chi connectivity index (χ0n) is 11.1. The van der Waals surface area contributed by atoms with Gasteiger partial charge in [0, 0.05) is 4.88 Å². The highest BCUT2D eigenvalue weighted by Crippen LogP contribution is 2.40. The minimum atomic E-state index is -4.72. The number of halogens is 3. The third kappa shape index (κ3) is 2.68. The lowest BCUT2D eigenvalue weighted by molar-refractivity contribution is -0.217. The number of carbonyl (C=O) groups is 1. The van der Waals surface area contributed by atoms with Gasteiger partial charge in [0.2, 0.25) is 6.10 Å². The number of benzene rings is 1. The lowest BCUT2D eigenvalue weighted by atomic mass is 9.89. The predicted octanol–water partition coefficient (Wildman–Crippen LogP) is 3.98. The smallest absolute Gasteiger partial charge is 0.426 e. The maximum atomic E-state index is 13.0. The standard InChI is InChI=1S/C15H11F3O3S/c16-15(17,18)13-10(14(19)20)7-9-6-8(3-4-11(9)21-13)12-2-1-5-22-12/h1-6,10,13H,7H2,(H,19,20). The van der Waals surface area contributed by atoms with E-state index in [-0.39, 0.29) is 12.2 Å². The molecule has 0 amide bonds. The second kappa shape index (κ2) is 5.31. The molecule has 2 aromatic rings. The van der Waals surface area contributed by atoms with Gasteiger partial charge in [0.25, 0.3) is 0 Å². The highest BCUT2D eigenvalue weighted by molar-refractivity contribution is 7.13. The predicted molar refractivity (Wildman–Crippen MR) is 75.1 cm³/mol. The number of alkyl halides is 3. The lowest BCUT2D eigenvalue weighted by Crippen LogP contribution is -2.47. The Kier molecular flexibility index (Phi) is 3.60. The van der Waals surface area contributed by atoms with Gasteiger partial charge in [-0.25, -0.2) is 0 Å². The molecule has 0 radical (unpaired) electrons. The van der Waals surface area contributed by atoms with Gasteiger partial charge in [0.1, 0.15) is 11.7 Å². The molecule has 1 N–H and O–H groups in total. The van der Waals surface area contributed by atoms with Crippen molar-refractivity contribution in [3.63, 3.8) is 0 Å². The van der Waals surface area contributed by atoms with Crippen molar-refractivity contribution >= 4 is 17.3 Å². The molecule has 22 heavy (non-hydrogen) atoms. The molecule has 3 nitrogen and oxygen atoms in total. The molecule has 0 fully saturated rings. The summed E-state index contributed by atoms with van der Waals surface area (Å²) >= 11 is 1.50. The van der Waals surface area contributed by atoms with Crippen molar-refractivity contribution in [2.75, 3.05) is 0 Å². The van der Waals surface area contributed by atoms with E-state index < -0.39 is 24.2 Å². The second-order valence-electron chi connectivity index (χ2n) is 5.03. The maximum Gasteiger partial charge on any atom is 0.426 e. The Labute approximate surface area is 128 Å². The number of rotatable bonds is 2. The summed E-state index contributed by atoms with van der Waals surface area (Å²) in [4.78, 5) is 12.1. The largest absolute Gasteiger partial charge is 0.481 e. The Morgan fingerprint density at radius 2 is 2.09 bits per heavy atom. The van der Waals surface area contributed by atoms with Gasteiger partial charge < -0.3 is 9.84 Å². The number of carboxylic acid groups (broad SMARTS) is 1. The van der Waals surface area contributed by atoms with Gasteiger partial charge in [-0.15, -0.1) is 11.3 Å². The summed E-state index contributed by atoms with van der Waals surface area (Å²) in [7, 11) is 0. The molecule has 1 aromatic carbocycles. The van der Waals surface area contributed by atoms with Gasteiger partial charge in [0.05, 0.1) is 0 Å². The average molecular weight is 328 g/mol. The molecular formula is C15H11F3O3S.